The average molecular weight is 421 g/mol. The minimum absolute atomic E-state index is 0.182. The van der Waals surface area contributed by atoms with Crippen molar-refractivity contribution in [1.82, 2.24) is 19.5 Å². The highest BCUT2D eigenvalue weighted by Crippen LogP contribution is 2.23. The Morgan fingerprint density at radius 1 is 1.00 bits per heavy atom. The van der Waals surface area contributed by atoms with Gasteiger partial charge < -0.3 is 4.57 Å². The van der Waals surface area contributed by atoms with E-state index in [1.807, 2.05) is 30.5 Å². The Balaban J connectivity index is 1.59. The van der Waals surface area contributed by atoms with E-state index in [9.17, 15) is 4.79 Å². The van der Waals surface area contributed by atoms with Crippen molar-refractivity contribution in [2.75, 3.05) is 0 Å². The van der Waals surface area contributed by atoms with Gasteiger partial charge in [-0.15, -0.1) is 11.3 Å². The molecule has 0 fully saturated rings. The first-order valence-corrected chi connectivity index (χ1v) is 11.2. The van der Waals surface area contributed by atoms with Gasteiger partial charge in [0.25, 0.3) is 5.56 Å². The molecule has 0 saturated heterocycles. The molecule has 0 aliphatic carbocycles. The van der Waals surface area contributed by atoms with E-state index in [0.29, 0.717) is 12.0 Å². The Labute approximate surface area is 177 Å². The molecule has 146 valence electrons. The predicted octanol–water partition coefficient (Wildman–Crippen LogP) is 4.22. The Morgan fingerprint density at radius 2 is 1.83 bits per heavy atom. The maximum absolute atomic E-state index is 12.7. The van der Waals surface area contributed by atoms with Gasteiger partial charge >= 0.3 is 0 Å². The molecule has 5 nitrogen and oxygen atoms in total. The second-order valence-electron chi connectivity index (χ2n) is 6.57. The fraction of sp³-hybridized carbons (Fsp3) is 0.182. The highest BCUT2D eigenvalue weighted by Gasteiger charge is 2.11. The van der Waals surface area contributed by atoms with Crippen molar-refractivity contribution in [3.63, 3.8) is 0 Å². The van der Waals surface area contributed by atoms with Crippen molar-refractivity contribution in [3.05, 3.63) is 105 Å². The summed E-state index contributed by atoms with van der Waals surface area (Å²) in [5.74, 6) is 0.807. The maximum Gasteiger partial charge on any atom is 0.277 e. The SMILES string of the molecule is O=c1nc(SCc2cccs2)n(CCc2ccccc2)cc1Cc1cncnc1. The molecule has 0 saturated carbocycles. The van der Waals surface area contributed by atoms with Crippen LogP contribution in [-0.2, 0) is 25.1 Å². The maximum atomic E-state index is 12.7. The van der Waals surface area contributed by atoms with Gasteiger partial charge in [0.15, 0.2) is 5.16 Å². The number of aryl methyl sites for hydroxylation is 2. The predicted molar refractivity (Wildman–Crippen MR) is 117 cm³/mol. The summed E-state index contributed by atoms with van der Waals surface area (Å²) >= 11 is 3.32. The van der Waals surface area contributed by atoms with Crippen LogP contribution in [0.3, 0.4) is 0 Å². The van der Waals surface area contributed by atoms with Gasteiger partial charge in [-0.05, 0) is 29.0 Å². The standard InChI is InChI=1S/C22H20N4OS2/c27-21-19(11-18-12-23-16-24-13-18)14-26(9-8-17-5-2-1-3-6-17)22(25-21)29-15-20-7-4-10-28-20/h1-7,10,12-14,16H,8-9,11,15H2. The third-order valence-corrected chi connectivity index (χ3v) is 6.54. The van der Waals surface area contributed by atoms with E-state index in [0.717, 1.165) is 29.4 Å². The lowest BCUT2D eigenvalue weighted by atomic mass is 10.1. The van der Waals surface area contributed by atoms with Crippen LogP contribution in [0, 0.1) is 0 Å². The number of nitrogens with zero attached hydrogens (tertiary/aromatic N) is 4. The molecule has 0 aliphatic heterocycles. The van der Waals surface area contributed by atoms with Crippen LogP contribution in [0.5, 0.6) is 0 Å². The fourth-order valence-electron chi connectivity index (χ4n) is 2.98. The molecule has 0 spiro atoms. The number of hydrogen-bond donors (Lipinski definition) is 0. The van der Waals surface area contributed by atoms with Crippen molar-refractivity contribution in [2.24, 2.45) is 0 Å². The molecule has 4 rings (SSSR count). The molecule has 3 aromatic heterocycles. The zero-order chi connectivity index (χ0) is 19.9. The summed E-state index contributed by atoms with van der Waals surface area (Å²) in [6.45, 7) is 0.766. The van der Waals surface area contributed by atoms with Gasteiger partial charge in [-0.3, -0.25) is 4.79 Å². The van der Waals surface area contributed by atoms with Crippen molar-refractivity contribution in [2.45, 2.75) is 30.3 Å². The van der Waals surface area contributed by atoms with E-state index in [2.05, 4.69) is 43.1 Å². The molecule has 3 heterocycles. The summed E-state index contributed by atoms with van der Waals surface area (Å²) in [5.41, 5.74) is 2.64. The highest BCUT2D eigenvalue weighted by molar-refractivity contribution is 7.98. The number of thiophene rings is 1. The van der Waals surface area contributed by atoms with Gasteiger partial charge in [-0.25, -0.2) is 9.97 Å². The monoisotopic (exact) mass is 420 g/mol. The van der Waals surface area contributed by atoms with E-state index in [1.165, 1.54) is 16.8 Å². The van der Waals surface area contributed by atoms with E-state index in [4.69, 9.17) is 0 Å². The summed E-state index contributed by atoms with van der Waals surface area (Å²) in [4.78, 5) is 26.4. The Morgan fingerprint density at radius 3 is 2.59 bits per heavy atom. The summed E-state index contributed by atoms with van der Waals surface area (Å²) in [6, 6.07) is 14.5. The summed E-state index contributed by atoms with van der Waals surface area (Å²) in [6.07, 6.45) is 8.27. The smallest absolute Gasteiger partial charge is 0.277 e. The topological polar surface area (TPSA) is 60.7 Å². The third-order valence-electron chi connectivity index (χ3n) is 4.45. The second kappa shape index (κ2) is 9.62. The molecular formula is C22H20N4OS2. The van der Waals surface area contributed by atoms with Crippen LogP contribution in [0.2, 0.25) is 0 Å². The van der Waals surface area contributed by atoms with Crippen LogP contribution in [-0.4, -0.2) is 19.5 Å². The van der Waals surface area contributed by atoms with Crippen molar-refractivity contribution in [1.29, 1.82) is 0 Å². The zero-order valence-corrected chi connectivity index (χ0v) is 17.4. The van der Waals surface area contributed by atoms with Gasteiger partial charge in [0.1, 0.15) is 6.33 Å². The van der Waals surface area contributed by atoms with Crippen LogP contribution >= 0.6 is 23.1 Å². The van der Waals surface area contributed by atoms with Crippen LogP contribution in [0.1, 0.15) is 21.6 Å². The number of benzene rings is 1. The van der Waals surface area contributed by atoms with Crippen molar-refractivity contribution >= 4 is 23.1 Å². The molecule has 7 heteroatoms. The largest absolute Gasteiger partial charge is 0.327 e. The number of thioether (sulfide) groups is 1. The van der Waals surface area contributed by atoms with E-state index in [1.54, 1.807) is 35.5 Å². The van der Waals surface area contributed by atoms with Crippen LogP contribution in [0.4, 0.5) is 0 Å². The molecule has 1 aromatic carbocycles. The molecule has 0 aliphatic rings. The lowest BCUT2D eigenvalue weighted by Crippen LogP contribution is -2.20. The number of aromatic nitrogens is 4. The second-order valence-corrected chi connectivity index (χ2v) is 8.55. The van der Waals surface area contributed by atoms with Gasteiger partial charge in [-0.2, -0.15) is 4.98 Å². The lowest BCUT2D eigenvalue weighted by Gasteiger charge is -2.14. The van der Waals surface area contributed by atoms with E-state index >= 15 is 0 Å². The van der Waals surface area contributed by atoms with Gasteiger partial charge in [0, 0.05) is 47.7 Å². The van der Waals surface area contributed by atoms with Gasteiger partial charge in [0.05, 0.1) is 0 Å². The first-order valence-electron chi connectivity index (χ1n) is 9.31. The summed E-state index contributed by atoms with van der Waals surface area (Å²) < 4.78 is 2.10. The van der Waals surface area contributed by atoms with E-state index < -0.39 is 0 Å². The van der Waals surface area contributed by atoms with Crippen LogP contribution < -0.4 is 5.56 Å². The molecule has 0 amide bonds. The normalized spacial score (nSPS) is 10.9. The lowest BCUT2D eigenvalue weighted by molar-refractivity contribution is 0.595. The summed E-state index contributed by atoms with van der Waals surface area (Å²) in [7, 11) is 0. The molecular weight excluding hydrogens is 400 g/mol. The van der Waals surface area contributed by atoms with Crippen LogP contribution in [0.15, 0.2) is 82.7 Å². The molecule has 4 aromatic rings. The molecule has 0 unspecified atom stereocenters. The number of rotatable bonds is 8. The van der Waals surface area contributed by atoms with E-state index in [-0.39, 0.29) is 5.56 Å². The first kappa shape index (κ1) is 19.5. The Kier molecular flexibility index (Phi) is 6.49. The minimum atomic E-state index is -0.182. The van der Waals surface area contributed by atoms with Crippen molar-refractivity contribution < 1.29 is 0 Å². The van der Waals surface area contributed by atoms with Gasteiger partial charge in [-0.1, -0.05) is 48.2 Å². The molecule has 0 radical (unpaired) electrons. The molecule has 0 N–H and O–H groups in total. The van der Waals surface area contributed by atoms with Crippen LogP contribution in [0.25, 0.3) is 0 Å². The average Bonchev–Trinajstić information content (AvgIpc) is 3.28. The highest BCUT2D eigenvalue weighted by atomic mass is 32.2. The molecule has 0 atom stereocenters. The molecule has 29 heavy (non-hydrogen) atoms. The third kappa shape index (κ3) is 5.40. The molecule has 0 bridgehead atoms. The Bertz CT molecular complexity index is 1100. The quantitative estimate of drug-likeness (QED) is 0.315. The van der Waals surface area contributed by atoms with Gasteiger partial charge in [0.2, 0.25) is 0 Å². The number of hydrogen-bond acceptors (Lipinski definition) is 6. The van der Waals surface area contributed by atoms with Crippen molar-refractivity contribution in [3.8, 4) is 0 Å². The Hall–Kier alpha value is -2.77. The summed E-state index contributed by atoms with van der Waals surface area (Å²) in [5, 5.41) is 2.82. The minimum Gasteiger partial charge on any atom is -0.327 e. The fourth-order valence-corrected chi connectivity index (χ4v) is 4.75. The zero-order valence-electron chi connectivity index (χ0n) is 15.8. The first-order chi connectivity index (χ1) is 14.3.